The van der Waals surface area contributed by atoms with Gasteiger partial charge in [-0.25, -0.2) is 0 Å². The van der Waals surface area contributed by atoms with Crippen molar-refractivity contribution < 1.29 is 0 Å². The molecule has 0 spiro atoms. The summed E-state index contributed by atoms with van der Waals surface area (Å²) in [5, 5.41) is 0.775. The Balaban J connectivity index is 2.49. The topological polar surface area (TPSA) is 0 Å². The molecular formula is C14H12Cl. The summed E-state index contributed by atoms with van der Waals surface area (Å²) in [7, 11) is 0. The molecule has 0 aliphatic rings. The lowest BCUT2D eigenvalue weighted by atomic mass is 9.98. The third-order valence-corrected chi connectivity index (χ3v) is 2.74. The van der Waals surface area contributed by atoms with Crippen LogP contribution in [0.2, 0.25) is 5.02 Å². The van der Waals surface area contributed by atoms with Crippen molar-refractivity contribution in [3.05, 3.63) is 59.1 Å². The molecule has 0 aliphatic heterocycles. The minimum Gasteiger partial charge on any atom is -0.0843 e. The highest BCUT2D eigenvalue weighted by molar-refractivity contribution is 6.30. The zero-order valence-corrected chi connectivity index (χ0v) is 9.38. The van der Waals surface area contributed by atoms with Crippen molar-refractivity contribution in [1.29, 1.82) is 0 Å². The number of aryl methyl sites for hydroxylation is 1. The van der Waals surface area contributed by atoms with Crippen LogP contribution >= 0.6 is 11.6 Å². The summed E-state index contributed by atoms with van der Waals surface area (Å²) in [4.78, 5) is 0. The second-order valence-electron chi connectivity index (χ2n) is 3.44. The highest BCUT2D eigenvalue weighted by Crippen LogP contribution is 2.25. The van der Waals surface area contributed by atoms with Crippen LogP contribution in [-0.2, 0) is 6.42 Å². The van der Waals surface area contributed by atoms with Crippen LogP contribution in [0.15, 0.2) is 42.5 Å². The SMILES string of the molecule is CCc1cc[c]cc1-c1ccc(Cl)cc1. The van der Waals surface area contributed by atoms with Crippen molar-refractivity contribution in [3.8, 4) is 11.1 Å². The largest absolute Gasteiger partial charge is 0.0843 e. The van der Waals surface area contributed by atoms with Crippen LogP contribution in [0.1, 0.15) is 12.5 Å². The fraction of sp³-hybridized carbons (Fsp3) is 0.143. The Hall–Kier alpha value is -1.27. The normalized spacial score (nSPS) is 10.3. The molecule has 0 nitrogen and oxygen atoms in total. The summed E-state index contributed by atoms with van der Waals surface area (Å²) in [6, 6.07) is 17.1. The Kier molecular flexibility index (Phi) is 3.08. The molecule has 1 radical (unpaired) electrons. The Morgan fingerprint density at radius 2 is 1.87 bits per heavy atom. The molecule has 0 aromatic heterocycles. The maximum atomic E-state index is 5.86. The molecule has 15 heavy (non-hydrogen) atoms. The van der Waals surface area contributed by atoms with Crippen molar-refractivity contribution in [3.63, 3.8) is 0 Å². The maximum absolute atomic E-state index is 5.86. The third-order valence-electron chi connectivity index (χ3n) is 2.49. The Morgan fingerprint density at radius 3 is 2.53 bits per heavy atom. The Labute approximate surface area is 95.5 Å². The molecule has 0 bridgehead atoms. The summed E-state index contributed by atoms with van der Waals surface area (Å²) in [5.41, 5.74) is 3.79. The van der Waals surface area contributed by atoms with Gasteiger partial charge in [-0.15, -0.1) is 0 Å². The predicted octanol–water partition coefficient (Wildman–Crippen LogP) is 4.37. The molecule has 0 fully saturated rings. The summed E-state index contributed by atoms with van der Waals surface area (Å²) in [6.45, 7) is 2.16. The first-order valence-corrected chi connectivity index (χ1v) is 5.44. The van der Waals surface area contributed by atoms with Crippen LogP contribution < -0.4 is 0 Å². The molecule has 2 aromatic carbocycles. The molecule has 0 unspecified atom stereocenters. The molecule has 0 aliphatic carbocycles. The average molecular weight is 216 g/mol. The number of benzene rings is 2. The first-order chi connectivity index (χ1) is 7.31. The standard InChI is InChI=1S/C14H12Cl/c1-2-11-5-3-4-6-14(11)12-7-9-13(15)10-8-12/h3,5-10H,2H2,1H3. The number of hydrogen-bond acceptors (Lipinski definition) is 0. The minimum absolute atomic E-state index is 0.775. The molecule has 75 valence electrons. The van der Waals surface area contributed by atoms with Gasteiger partial charge >= 0.3 is 0 Å². The van der Waals surface area contributed by atoms with Gasteiger partial charge < -0.3 is 0 Å². The molecule has 0 N–H and O–H groups in total. The number of hydrogen-bond donors (Lipinski definition) is 0. The van der Waals surface area contributed by atoms with E-state index in [0.29, 0.717) is 0 Å². The summed E-state index contributed by atoms with van der Waals surface area (Å²) in [6.07, 6.45) is 1.03. The Morgan fingerprint density at radius 1 is 1.13 bits per heavy atom. The minimum atomic E-state index is 0.775. The lowest BCUT2D eigenvalue weighted by molar-refractivity contribution is 1.14. The highest BCUT2D eigenvalue weighted by Gasteiger charge is 2.02. The smallest absolute Gasteiger partial charge is 0.0406 e. The highest BCUT2D eigenvalue weighted by atomic mass is 35.5. The average Bonchev–Trinajstić information content (AvgIpc) is 2.30. The van der Waals surface area contributed by atoms with Crippen molar-refractivity contribution in [2.75, 3.05) is 0 Å². The van der Waals surface area contributed by atoms with E-state index in [1.165, 1.54) is 16.7 Å². The van der Waals surface area contributed by atoms with Crippen molar-refractivity contribution in [2.24, 2.45) is 0 Å². The molecule has 0 atom stereocenters. The van der Waals surface area contributed by atoms with Crippen molar-refractivity contribution in [2.45, 2.75) is 13.3 Å². The van der Waals surface area contributed by atoms with Gasteiger partial charge in [-0.2, -0.15) is 0 Å². The van der Waals surface area contributed by atoms with Gasteiger partial charge in [-0.3, -0.25) is 0 Å². The van der Waals surface area contributed by atoms with Crippen molar-refractivity contribution >= 4 is 11.6 Å². The summed E-state index contributed by atoms with van der Waals surface area (Å²) in [5.74, 6) is 0. The van der Waals surface area contributed by atoms with Gasteiger partial charge in [0.2, 0.25) is 0 Å². The fourth-order valence-corrected chi connectivity index (χ4v) is 1.80. The van der Waals surface area contributed by atoms with Crippen LogP contribution in [0, 0.1) is 6.07 Å². The maximum Gasteiger partial charge on any atom is 0.0406 e. The van der Waals surface area contributed by atoms with Gasteiger partial charge in [0.05, 0.1) is 0 Å². The predicted molar refractivity (Wildman–Crippen MR) is 65.1 cm³/mol. The van der Waals surface area contributed by atoms with Gasteiger partial charge in [0, 0.05) is 5.02 Å². The molecule has 0 heterocycles. The van der Waals surface area contributed by atoms with Crippen LogP contribution in [0.4, 0.5) is 0 Å². The van der Waals surface area contributed by atoms with E-state index < -0.39 is 0 Å². The van der Waals surface area contributed by atoms with Crippen LogP contribution in [0.25, 0.3) is 11.1 Å². The first kappa shape index (κ1) is 10.3. The van der Waals surface area contributed by atoms with E-state index in [9.17, 15) is 0 Å². The zero-order valence-electron chi connectivity index (χ0n) is 8.63. The second-order valence-corrected chi connectivity index (χ2v) is 3.88. The molecule has 2 rings (SSSR count). The molecule has 0 amide bonds. The molecule has 0 saturated heterocycles. The second kappa shape index (κ2) is 4.50. The lowest BCUT2D eigenvalue weighted by Crippen LogP contribution is -1.86. The van der Waals surface area contributed by atoms with Gasteiger partial charge in [0.1, 0.15) is 0 Å². The Bertz CT molecular complexity index is 443. The lowest BCUT2D eigenvalue weighted by Gasteiger charge is -2.07. The molecule has 2 aromatic rings. The summed E-state index contributed by atoms with van der Waals surface area (Å²) >= 11 is 5.86. The van der Waals surface area contributed by atoms with E-state index >= 15 is 0 Å². The van der Waals surface area contributed by atoms with Gasteiger partial charge in [-0.05, 0) is 47.4 Å². The van der Waals surface area contributed by atoms with Crippen LogP contribution in [0.3, 0.4) is 0 Å². The quantitative estimate of drug-likeness (QED) is 0.698. The van der Waals surface area contributed by atoms with E-state index in [0.717, 1.165) is 11.4 Å². The van der Waals surface area contributed by atoms with Gasteiger partial charge in [0.25, 0.3) is 0 Å². The number of rotatable bonds is 2. The molecule has 1 heteroatoms. The van der Waals surface area contributed by atoms with Crippen molar-refractivity contribution in [1.82, 2.24) is 0 Å². The zero-order chi connectivity index (χ0) is 10.7. The third kappa shape index (κ3) is 2.21. The first-order valence-electron chi connectivity index (χ1n) is 5.06. The monoisotopic (exact) mass is 215 g/mol. The molecule has 0 saturated carbocycles. The van der Waals surface area contributed by atoms with E-state index in [4.69, 9.17) is 11.6 Å². The van der Waals surface area contributed by atoms with E-state index in [2.05, 4.69) is 19.1 Å². The van der Waals surface area contributed by atoms with Crippen LogP contribution in [-0.4, -0.2) is 0 Å². The van der Waals surface area contributed by atoms with Crippen LogP contribution in [0.5, 0.6) is 0 Å². The van der Waals surface area contributed by atoms with Gasteiger partial charge in [0.15, 0.2) is 0 Å². The number of halogens is 1. The summed E-state index contributed by atoms with van der Waals surface area (Å²) < 4.78 is 0. The van der Waals surface area contributed by atoms with E-state index in [1.807, 2.05) is 36.4 Å². The fourth-order valence-electron chi connectivity index (χ4n) is 1.67. The van der Waals surface area contributed by atoms with E-state index in [1.54, 1.807) is 0 Å². The molecular weight excluding hydrogens is 204 g/mol. The van der Waals surface area contributed by atoms with E-state index in [-0.39, 0.29) is 0 Å². The van der Waals surface area contributed by atoms with Gasteiger partial charge in [-0.1, -0.05) is 42.8 Å².